The number of hydrogen-bond acceptors (Lipinski definition) is 3. The predicted molar refractivity (Wildman–Crippen MR) is 67.8 cm³/mol. The van der Waals surface area contributed by atoms with Crippen LogP contribution in [0.1, 0.15) is 30.9 Å². The van der Waals surface area contributed by atoms with Crippen LogP contribution in [0.25, 0.3) is 0 Å². The Morgan fingerprint density at radius 2 is 2.00 bits per heavy atom. The van der Waals surface area contributed by atoms with Crippen molar-refractivity contribution in [3.63, 3.8) is 0 Å². The second-order valence-corrected chi connectivity index (χ2v) is 4.64. The fraction of sp³-hybridized carbons (Fsp3) is 0.500. The molecule has 18 heavy (non-hydrogen) atoms. The molecule has 1 saturated heterocycles. The molecule has 2 N–H and O–H groups in total. The minimum absolute atomic E-state index is 0.0169. The fourth-order valence-corrected chi connectivity index (χ4v) is 2.60. The first kappa shape index (κ1) is 13.1. The quantitative estimate of drug-likeness (QED) is 0.840. The van der Waals surface area contributed by atoms with Gasteiger partial charge in [0.15, 0.2) is 0 Å². The molecule has 0 radical (unpaired) electrons. The Hall–Kier alpha value is -1.39. The maximum absolute atomic E-state index is 12.0. The van der Waals surface area contributed by atoms with Crippen LogP contribution in [-0.4, -0.2) is 40.3 Å². The van der Waals surface area contributed by atoms with E-state index in [1.54, 1.807) is 4.90 Å². The summed E-state index contributed by atoms with van der Waals surface area (Å²) in [5.74, 6) is 0.0169. The van der Waals surface area contributed by atoms with Crippen molar-refractivity contribution in [2.75, 3.05) is 13.2 Å². The van der Waals surface area contributed by atoms with Crippen LogP contribution in [-0.2, 0) is 4.79 Å². The first-order valence-electron chi connectivity index (χ1n) is 6.35. The molecule has 1 heterocycles. The zero-order valence-corrected chi connectivity index (χ0v) is 10.3. The molecule has 0 bridgehead atoms. The van der Waals surface area contributed by atoms with Gasteiger partial charge in [0, 0.05) is 6.42 Å². The minimum Gasteiger partial charge on any atom is -0.394 e. The van der Waals surface area contributed by atoms with Crippen LogP contribution in [0.5, 0.6) is 0 Å². The van der Waals surface area contributed by atoms with E-state index in [9.17, 15) is 15.0 Å². The Bertz CT molecular complexity index is 393. The van der Waals surface area contributed by atoms with Gasteiger partial charge in [-0.1, -0.05) is 30.3 Å². The maximum atomic E-state index is 12.0. The minimum atomic E-state index is -0.351. The summed E-state index contributed by atoms with van der Waals surface area (Å²) in [7, 11) is 0. The maximum Gasteiger partial charge on any atom is 0.223 e. The van der Waals surface area contributed by atoms with Gasteiger partial charge in [-0.25, -0.2) is 0 Å². The average Bonchev–Trinajstić information content (AvgIpc) is 2.42. The average molecular weight is 249 g/mol. The van der Waals surface area contributed by atoms with Gasteiger partial charge in [-0.05, 0) is 18.4 Å². The molecule has 4 nitrogen and oxygen atoms in total. The first-order chi connectivity index (χ1) is 8.77. The topological polar surface area (TPSA) is 60.8 Å². The summed E-state index contributed by atoms with van der Waals surface area (Å²) < 4.78 is 0. The van der Waals surface area contributed by atoms with E-state index < -0.39 is 0 Å². The van der Waals surface area contributed by atoms with E-state index in [-0.39, 0.29) is 31.2 Å². The Balaban J connectivity index is 2.27. The van der Waals surface area contributed by atoms with Gasteiger partial charge in [-0.2, -0.15) is 0 Å². The largest absolute Gasteiger partial charge is 0.394 e. The van der Waals surface area contributed by atoms with E-state index in [0.717, 1.165) is 18.4 Å². The molecular weight excluding hydrogens is 230 g/mol. The number of benzene rings is 1. The molecule has 0 spiro atoms. The van der Waals surface area contributed by atoms with Crippen LogP contribution in [0, 0.1) is 0 Å². The number of carbonyl (C=O) groups is 1. The molecule has 1 aliphatic rings. The van der Waals surface area contributed by atoms with E-state index in [2.05, 4.69) is 0 Å². The van der Waals surface area contributed by atoms with Gasteiger partial charge in [0.2, 0.25) is 5.91 Å². The van der Waals surface area contributed by atoms with E-state index >= 15 is 0 Å². The molecule has 98 valence electrons. The van der Waals surface area contributed by atoms with Gasteiger partial charge in [0.05, 0.1) is 25.3 Å². The summed E-state index contributed by atoms with van der Waals surface area (Å²) in [5.41, 5.74) is 0.911. The number of hydrogen-bond donors (Lipinski definition) is 2. The highest BCUT2D eigenvalue weighted by molar-refractivity contribution is 5.78. The summed E-state index contributed by atoms with van der Waals surface area (Å²) in [6.45, 7) is -0.165. The van der Waals surface area contributed by atoms with Gasteiger partial charge in [-0.3, -0.25) is 4.79 Å². The number of likely N-dealkylation sites (tertiary alicyclic amines) is 1. The van der Waals surface area contributed by atoms with Crippen molar-refractivity contribution in [2.45, 2.75) is 31.3 Å². The molecular formula is C14H19NO3. The van der Waals surface area contributed by atoms with Gasteiger partial charge in [0.25, 0.3) is 0 Å². The van der Waals surface area contributed by atoms with Crippen molar-refractivity contribution >= 4 is 5.91 Å². The summed E-state index contributed by atoms with van der Waals surface area (Å²) in [6.07, 6.45) is 2.11. The molecule has 1 aromatic carbocycles. The van der Waals surface area contributed by atoms with Crippen LogP contribution in [0.3, 0.4) is 0 Å². The Labute approximate surface area is 107 Å². The van der Waals surface area contributed by atoms with Crippen LogP contribution in [0.2, 0.25) is 0 Å². The van der Waals surface area contributed by atoms with Crippen molar-refractivity contribution < 1.29 is 15.0 Å². The third-order valence-corrected chi connectivity index (χ3v) is 3.51. The number of aliphatic hydroxyl groups is 2. The number of nitrogens with zero attached hydrogens (tertiary/aromatic N) is 1. The molecule has 1 fully saturated rings. The zero-order valence-electron chi connectivity index (χ0n) is 10.3. The van der Waals surface area contributed by atoms with Gasteiger partial charge in [-0.15, -0.1) is 0 Å². The van der Waals surface area contributed by atoms with Crippen LogP contribution >= 0.6 is 0 Å². The van der Waals surface area contributed by atoms with Crippen LogP contribution in [0.15, 0.2) is 30.3 Å². The van der Waals surface area contributed by atoms with Gasteiger partial charge >= 0.3 is 0 Å². The number of rotatable bonds is 4. The first-order valence-corrected chi connectivity index (χ1v) is 6.35. The SMILES string of the molecule is O=C1CCC[C@@H](CO)N1[C@@H](CO)c1ccccc1. The van der Waals surface area contributed by atoms with Crippen molar-refractivity contribution in [1.82, 2.24) is 4.90 Å². The highest BCUT2D eigenvalue weighted by Crippen LogP contribution is 2.29. The van der Waals surface area contributed by atoms with E-state index in [1.807, 2.05) is 30.3 Å². The summed E-state index contributed by atoms with van der Waals surface area (Å²) >= 11 is 0. The smallest absolute Gasteiger partial charge is 0.223 e. The second kappa shape index (κ2) is 5.98. The normalized spacial score (nSPS) is 22.0. The molecule has 2 atom stereocenters. The summed E-state index contributed by atoms with van der Waals surface area (Å²) in [6, 6.07) is 8.95. The monoisotopic (exact) mass is 249 g/mol. The molecule has 0 aliphatic carbocycles. The van der Waals surface area contributed by atoms with E-state index in [4.69, 9.17) is 0 Å². The predicted octanol–water partition coefficient (Wildman–Crippen LogP) is 1.09. The van der Waals surface area contributed by atoms with E-state index in [1.165, 1.54) is 0 Å². The highest BCUT2D eigenvalue weighted by atomic mass is 16.3. The van der Waals surface area contributed by atoms with Gasteiger partial charge in [0.1, 0.15) is 0 Å². The molecule has 1 aromatic rings. The lowest BCUT2D eigenvalue weighted by Gasteiger charge is -2.40. The summed E-state index contributed by atoms with van der Waals surface area (Å²) in [4.78, 5) is 13.7. The number of piperidine rings is 1. The van der Waals surface area contributed by atoms with Crippen LogP contribution in [0.4, 0.5) is 0 Å². The Morgan fingerprint density at radius 3 is 2.61 bits per heavy atom. The lowest BCUT2D eigenvalue weighted by Crippen LogP contribution is -2.48. The number of aliphatic hydroxyl groups excluding tert-OH is 2. The molecule has 2 rings (SSSR count). The lowest BCUT2D eigenvalue weighted by molar-refractivity contribution is -0.142. The molecule has 0 saturated carbocycles. The number of amides is 1. The summed E-state index contributed by atoms with van der Waals surface area (Å²) in [5, 5.41) is 19.0. The Morgan fingerprint density at radius 1 is 1.28 bits per heavy atom. The fourth-order valence-electron chi connectivity index (χ4n) is 2.60. The van der Waals surface area contributed by atoms with Crippen molar-refractivity contribution in [3.8, 4) is 0 Å². The third-order valence-electron chi connectivity index (χ3n) is 3.51. The molecule has 0 unspecified atom stereocenters. The molecule has 1 aliphatic heterocycles. The molecule has 0 aromatic heterocycles. The highest BCUT2D eigenvalue weighted by Gasteiger charge is 2.33. The Kier molecular flexibility index (Phi) is 4.33. The van der Waals surface area contributed by atoms with E-state index in [0.29, 0.717) is 6.42 Å². The lowest BCUT2D eigenvalue weighted by atomic mass is 9.96. The zero-order chi connectivity index (χ0) is 13.0. The molecule has 1 amide bonds. The van der Waals surface area contributed by atoms with Crippen LogP contribution < -0.4 is 0 Å². The third kappa shape index (κ3) is 2.54. The standard InChI is InChI=1S/C14H19NO3/c16-9-12-7-4-8-14(18)15(12)13(10-17)11-5-2-1-3-6-11/h1-3,5-6,12-13,16-17H,4,7-10H2/t12-,13-/m0/s1. The van der Waals surface area contributed by atoms with Crippen molar-refractivity contribution in [2.24, 2.45) is 0 Å². The second-order valence-electron chi connectivity index (χ2n) is 4.64. The number of carbonyl (C=O) groups excluding carboxylic acids is 1. The molecule has 4 heteroatoms. The van der Waals surface area contributed by atoms with Crippen molar-refractivity contribution in [3.05, 3.63) is 35.9 Å². The van der Waals surface area contributed by atoms with Gasteiger partial charge < -0.3 is 15.1 Å². The van der Waals surface area contributed by atoms with Crippen molar-refractivity contribution in [1.29, 1.82) is 0 Å².